The Morgan fingerprint density at radius 2 is 1.95 bits per heavy atom. The van der Waals surface area contributed by atoms with E-state index in [-0.39, 0.29) is 31.1 Å². The van der Waals surface area contributed by atoms with Crippen LogP contribution < -0.4 is 31.2 Å². The summed E-state index contributed by atoms with van der Waals surface area (Å²) in [4.78, 5) is 35.8. The van der Waals surface area contributed by atoms with Crippen molar-refractivity contribution in [3.8, 4) is 29.1 Å². The normalized spacial score (nSPS) is 19.0. The smallest absolute Gasteiger partial charge is 0.496 e. The van der Waals surface area contributed by atoms with Gasteiger partial charge in [-0.15, -0.1) is 21.2 Å². The summed E-state index contributed by atoms with van der Waals surface area (Å²) in [6.45, 7) is -0.200. The molecule has 1 aromatic heterocycles. The molecule has 1 fully saturated rings. The van der Waals surface area contributed by atoms with E-state index in [0.29, 0.717) is 23.0 Å². The largest absolute Gasteiger partial charge is 0.694 e. The van der Waals surface area contributed by atoms with Crippen LogP contribution in [0, 0.1) is 11.8 Å². The van der Waals surface area contributed by atoms with E-state index in [1.54, 1.807) is 33.5 Å². The topological polar surface area (TPSA) is 174 Å². The lowest BCUT2D eigenvalue weighted by Gasteiger charge is -2.17. The van der Waals surface area contributed by atoms with Crippen LogP contribution in [-0.4, -0.2) is 67.1 Å². The molecule has 2 aromatic rings. The highest BCUT2D eigenvalue weighted by atomic mass is 32.2. The van der Waals surface area contributed by atoms with Gasteiger partial charge in [0.15, 0.2) is 0 Å². The summed E-state index contributed by atoms with van der Waals surface area (Å²) in [5.74, 6) is 7.68. The van der Waals surface area contributed by atoms with E-state index >= 15 is 0 Å². The molecule has 0 spiro atoms. The van der Waals surface area contributed by atoms with Crippen molar-refractivity contribution in [3.05, 3.63) is 50.3 Å². The van der Waals surface area contributed by atoms with Gasteiger partial charge in [0.25, 0.3) is 5.56 Å². The van der Waals surface area contributed by atoms with E-state index in [1.165, 1.54) is 22.5 Å². The maximum Gasteiger partial charge on any atom is 0.694 e. The van der Waals surface area contributed by atoms with E-state index in [2.05, 4.69) is 16.8 Å². The zero-order chi connectivity index (χ0) is 27.7. The number of aromatic nitrogens is 2. The first kappa shape index (κ1) is 29.7. The highest BCUT2D eigenvalue weighted by Gasteiger charge is 2.39. The Morgan fingerprint density at radius 1 is 1.24 bits per heavy atom. The first-order valence-electron chi connectivity index (χ1n) is 11.3. The number of H-pyrrole nitrogens is 1. The second kappa shape index (κ2) is 14.3. The van der Waals surface area contributed by atoms with Crippen molar-refractivity contribution >= 4 is 20.0 Å². The van der Waals surface area contributed by atoms with Gasteiger partial charge in [-0.3, -0.25) is 14.3 Å². The summed E-state index contributed by atoms with van der Waals surface area (Å²) in [6.07, 6.45) is -0.673. The number of nitrogens with zero attached hydrogens (tertiary/aromatic N) is 1. The standard InChI is InChI=1S/C23H28N3O10PS/c1-31-15-7-17(32-2)16(18(8-15)33-3)12-38-13-34-19-9-21(36-20(19)11-35-37(29)30)26-10-14(5-4-6-24)22(27)25-23(26)28/h7-8,10,19-21H,6,9,11-13,24H2,1-3H3,(H-,25,27,28,29,30)/p+1/t19-,20+,21+/m0/s1. The predicted octanol–water partition coefficient (Wildman–Crippen LogP) is 1.10. The van der Waals surface area contributed by atoms with Gasteiger partial charge in [-0.2, -0.15) is 0 Å². The van der Waals surface area contributed by atoms with Crippen LogP contribution in [0.25, 0.3) is 0 Å². The maximum atomic E-state index is 12.5. The molecule has 1 saturated heterocycles. The van der Waals surface area contributed by atoms with E-state index in [4.69, 9.17) is 38.8 Å². The molecule has 1 aliphatic heterocycles. The molecule has 1 aliphatic rings. The minimum atomic E-state index is -2.86. The summed E-state index contributed by atoms with van der Waals surface area (Å²) in [7, 11) is 1.79. The number of nitrogens with two attached hydrogens (primary N) is 1. The molecule has 1 aromatic carbocycles. The zero-order valence-corrected chi connectivity index (χ0v) is 22.7. The van der Waals surface area contributed by atoms with Crippen molar-refractivity contribution in [1.29, 1.82) is 0 Å². The van der Waals surface area contributed by atoms with Gasteiger partial charge in [-0.1, -0.05) is 11.8 Å². The molecule has 3 rings (SSSR count). The lowest BCUT2D eigenvalue weighted by molar-refractivity contribution is -0.0510. The van der Waals surface area contributed by atoms with Gasteiger partial charge in [-0.25, -0.2) is 4.79 Å². The van der Waals surface area contributed by atoms with Gasteiger partial charge in [0.2, 0.25) is 0 Å². The highest BCUT2D eigenvalue weighted by molar-refractivity contribution is 7.98. The van der Waals surface area contributed by atoms with Gasteiger partial charge < -0.3 is 29.4 Å². The lowest BCUT2D eigenvalue weighted by atomic mass is 10.2. The van der Waals surface area contributed by atoms with Crippen molar-refractivity contribution in [2.75, 3.05) is 40.4 Å². The molecule has 206 valence electrons. The molecule has 0 radical (unpaired) electrons. The maximum absolute atomic E-state index is 12.5. The quantitative estimate of drug-likeness (QED) is 0.144. The fourth-order valence-corrected chi connectivity index (χ4v) is 4.89. The second-order valence-corrected chi connectivity index (χ2v) is 9.46. The molecule has 0 amide bonds. The van der Waals surface area contributed by atoms with Crippen molar-refractivity contribution in [3.63, 3.8) is 0 Å². The van der Waals surface area contributed by atoms with Crippen LogP contribution >= 0.6 is 20.0 Å². The van der Waals surface area contributed by atoms with Crippen LogP contribution in [0.4, 0.5) is 0 Å². The fourth-order valence-electron chi connectivity index (χ4n) is 3.77. The van der Waals surface area contributed by atoms with E-state index in [0.717, 1.165) is 5.56 Å². The number of methoxy groups -OCH3 is 3. The summed E-state index contributed by atoms with van der Waals surface area (Å²) in [5.41, 5.74) is 4.90. The first-order valence-corrected chi connectivity index (χ1v) is 13.6. The minimum absolute atomic E-state index is 0.0408. The SMILES string of the molecule is COc1cc(OC)c(CSCO[C@H]2C[C@H](n3cc(C#CCN)c(=O)[nH]c3=O)O[C@@H]2CO[P+](=O)O)c(OC)c1. The predicted molar refractivity (Wildman–Crippen MR) is 139 cm³/mol. The second-order valence-electron chi connectivity index (χ2n) is 7.80. The van der Waals surface area contributed by atoms with E-state index in [1.807, 2.05) is 0 Å². The molecule has 4 N–H and O–H groups in total. The fraction of sp³-hybridized carbons (Fsp3) is 0.478. The molecular weight excluding hydrogens is 541 g/mol. The molecule has 4 atom stereocenters. The summed E-state index contributed by atoms with van der Waals surface area (Å²) >= 11 is 1.43. The van der Waals surface area contributed by atoms with Crippen molar-refractivity contribution in [1.82, 2.24) is 9.55 Å². The van der Waals surface area contributed by atoms with Crippen LogP contribution in [0.3, 0.4) is 0 Å². The number of nitrogens with one attached hydrogen (secondary N) is 1. The van der Waals surface area contributed by atoms with Crippen LogP contribution in [-0.2, 0) is 24.3 Å². The highest BCUT2D eigenvalue weighted by Crippen LogP contribution is 2.37. The minimum Gasteiger partial charge on any atom is -0.496 e. The number of thioether (sulfide) groups is 1. The molecule has 0 saturated carbocycles. The molecule has 13 nitrogen and oxygen atoms in total. The Bertz CT molecular complexity index is 1280. The lowest BCUT2D eigenvalue weighted by Crippen LogP contribution is -2.33. The molecule has 1 unspecified atom stereocenters. The molecule has 2 heterocycles. The van der Waals surface area contributed by atoms with Gasteiger partial charge in [0, 0.05) is 40.6 Å². The Hall–Kier alpha value is -2.89. The number of hydrogen-bond donors (Lipinski definition) is 3. The number of hydrogen-bond acceptors (Lipinski definition) is 11. The summed E-state index contributed by atoms with van der Waals surface area (Å²) in [5, 5.41) is 0. The molecule has 38 heavy (non-hydrogen) atoms. The van der Waals surface area contributed by atoms with Crippen molar-refractivity contribution in [2.45, 2.75) is 30.6 Å². The van der Waals surface area contributed by atoms with Gasteiger partial charge in [-0.05, 0) is 0 Å². The van der Waals surface area contributed by atoms with Crippen LogP contribution in [0.5, 0.6) is 17.2 Å². The van der Waals surface area contributed by atoms with Gasteiger partial charge in [0.05, 0.1) is 39.9 Å². The number of benzene rings is 1. The number of ether oxygens (including phenoxy) is 5. The van der Waals surface area contributed by atoms with E-state index in [9.17, 15) is 14.2 Å². The molecule has 0 bridgehead atoms. The Morgan fingerprint density at radius 3 is 2.55 bits per heavy atom. The van der Waals surface area contributed by atoms with Crippen LogP contribution in [0.15, 0.2) is 27.9 Å². The summed E-state index contributed by atoms with van der Waals surface area (Å²) in [6, 6.07) is 3.51. The zero-order valence-electron chi connectivity index (χ0n) is 21.0. The van der Waals surface area contributed by atoms with Crippen LogP contribution in [0.2, 0.25) is 0 Å². The van der Waals surface area contributed by atoms with Gasteiger partial charge >= 0.3 is 13.9 Å². The molecular formula is C23H29N3O10PS+. The average Bonchev–Trinajstić information content (AvgIpc) is 3.31. The number of aromatic amines is 1. The average molecular weight is 571 g/mol. The van der Waals surface area contributed by atoms with E-state index < -0.39 is 37.9 Å². The Kier molecular flexibility index (Phi) is 11.2. The Labute approximate surface area is 223 Å². The number of rotatable bonds is 12. The van der Waals surface area contributed by atoms with Crippen LogP contribution in [0.1, 0.15) is 23.8 Å². The van der Waals surface area contributed by atoms with Crippen molar-refractivity contribution in [2.24, 2.45) is 5.73 Å². The van der Waals surface area contributed by atoms with Crippen molar-refractivity contribution < 1.29 is 37.7 Å². The summed E-state index contributed by atoms with van der Waals surface area (Å²) < 4.78 is 45.3. The Balaban J connectivity index is 1.72. The molecule has 0 aliphatic carbocycles. The monoisotopic (exact) mass is 570 g/mol. The third-order valence-electron chi connectivity index (χ3n) is 5.56. The third kappa shape index (κ3) is 7.58. The third-order valence-corrected chi connectivity index (χ3v) is 6.73. The molecule has 15 heteroatoms. The first-order chi connectivity index (χ1) is 18.3. The van der Waals surface area contributed by atoms with Gasteiger partial charge in [0.1, 0.15) is 41.8 Å².